The van der Waals surface area contributed by atoms with Crippen molar-refractivity contribution in [3.63, 3.8) is 0 Å². The fourth-order valence-electron chi connectivity index (χ4n) is 2.57. The van der Waals surface area contributed by atoms with Crippen molar-refractivity contribution in [1.29, 1.82) is 0 Å². The molecule has 1 saturated heterocycles. The Balaban J connectivity index is 2.12. The highest BCUT2D eigenvalue weighted by atomic mass is 19.1. The minimum absolute atomic E-state index is 0.0144. The summed E-state index contributed by atoms with van der Waals surface area (Å²) in [7, 11) is 0. The van der Waals surface area contributed by atoms with E-state index < -0.39 is 6.10 Å². The largest absolute Gasteiger partial charge is 0.387 e. The maximum atomic E-state index is 13.1. The molecule has 17 heavy (non-hydrogen) atoms. The molecule has 1 aromatic rings. The molecule has 2 nitrogen and oxygen atoms in total. The van der Waals surface area contributed by atoms with Gasteiger partial charge in [-0.3, -0.25) is 0 Å². The van der Waals surface area contributed by atoms with Crippen LogP contribution in [0.5, 0.6) is 0 Å². The second kappa shape index (κ2) is 4.75. The number of halogens is 1. The van der Waals surface area contributed by atoms with E-state index in [1.54, 1.807) is 12.1 Å². The van der Waals surface area contributed by atoms with Crippen molar-refractivity contribution in [2.45, 2.75) is 50.8 Å². The molecule has 1 fully saturated rings. The maximum absolute atomic E-state index is 13.1. The van der Waals surface area contributed by atoms with Crippen LogP contribution < -0.4 is 5.32 Å². The van der Waals surface area contributed by atoms with E-state index in [-0.39, 0.29) is 17.4 Å². The van der Waals surface area contributed by atoms with E-state index in [1.807, 2.05) is 0 Å². The van der Waals surface area contributed by atoms with Crippen LogP contribution in [0.25, 0.3) is 0 Å². The monoisotopic (exact) mass is 237 g/mol. The van der Waals surface area contributed by atoms with Crippen molar-refractivity contribution in [1.82, 2.24) is 5.32 Å². The highest BCUT2D eigenvalue weighted by molar-refractivity contribution is 5.20. The molecule has 0 spiro atoms. The normalized spacial score (nSPS) is 25.5. The fourth-order valence-corrected chi connectivity index (χ4v) is 2.57. The van der Waals surface area contributed by atoms with Crippen LogP contribution in [0.15, 0.2) is 24.3 Å². The van der Waals surface area contributed by atoms with E-state index in [0.717, 1.165) is 19.3 Å². The van der Waals surface area contributed by atoms with Gasteiger partial charge >= 0.3 is 0 Å². The second-order valence-electron chi connectivity index (χ2n) is 5.53. The molecule has 1 aliphatic heterocycles. The van der Waals surface area contributed by atoms with Gasteiger partial charge in [-0.1, -0.05) is 12.1 Å². The van der Waals surface area contributed by atoms with Gasteiger partial charge in [-0.2, -0.15) is 0 Å². The predicted octanol–water partition coefficient (Wildman–Crippen LogP) is 2.78. The van der Waals surface area contributed by atoms with Crippen molar-refractivity contribution < 1.29 is 9.50 Å². The molecule has 1 aromatic carbocycles. The number of rotatable bonds is 2. The van der Waals surface area contributed by atoms with Gasteiger partial charge in [-0.25, -0.2) is 4.39 Å². The van der Waals surface area contributed by atoms with Crippen LogP contribution >= 0.6 is 0 Å². The third-order valence-corrected chi connectivity index (χ3v) is 3.46. The molecule has 0 saturated carbocycles. The first-order chi connectivity index (χ1) is 7.98. The third kappa shape index (κ3) is 3.05. The van der Waals surface area contributed by atoms with Gasteiger partial charge in [-0.05, 0) is 50.8 Å². The lowest BCUT2D eigenvalue weighted by atomic mass is 9.85. The minimum atomic E-state index is -0.634. The Labute approximate surface area is 102 Å². The van der Waals surface area contributed by atoms with Gasteiger partial charge in [0.25, 0.3) is 0 Å². The zero-order valence-corrected chi connectivity index (χ0v) is 10.4. The number of hydrogen-bond acceptors (Lipinski definition) is 2. The molecular weight excluding hydrogens is 217 g/mol. The average molecular weight is 237 g/mol. The summed E-state index contributed by atoms with van der Waals surface area (Å²) >= 11 is 0. The van der Waals surface area contributed by atoms with Gasteiger partial charge in [0.2, 0.25) is 0 Å². The smallest absolute Gasteiger partial charge is 0.123 e. The molecule has 1 heterocycles. The van der Waals surface area contributed by atoms with Gasteiger partial charge in [0.05, 0.1) is 6.10 Å². The van der Waals surface area contributed by atoms with Crippen LogP contribution in [-0.4, -0.2) is 16.7 Å². The topological polar surface area (TPSA) is 32.3 Å². The summed E-state index contributed by atoms with van der Waals surface area (Å²) in [4.78, 5) is 0. The Kier molecular flexibility index (Phi) is 3.50. The number of nitrogens with one attached hydrogen (secondary N) is 1. The van der Waals surface area contributed by atoms with Crippen LogP contribution in [0.2, 0.25) is 0 Å². The number of aliphatic hydroxyl groups excluding tert-OH is 1. The summed E-state index contributed by atoms with van der Waals surface area (Å²) in [5.74, 6) is -0.295. The standard InChI is InChI=1S/C14H20FNO/c1-14(2)8-4-7-12(16-14)13(17)10-5-3-6-11(15)9-10/h3,5-6,9,12-13,16-17H,4,7-8H2,1-2H3/t12-,13-/m1/s1. The van der Waals surface area contributed by atoms with Crippen LogP contribution in [-0.2, 0) is 0 Å². The Morgan fingerprint density at radius 2 is 2.24 bits per heavy atom. The zero-order valence-electron chi connectivity index (χ0n) is 10.4. The lowest BCUT2D eigenvalue weighted by molar-refractivity contribution is 0.0842. The summed E-state index contributed by atoms with van der Waals surface area (Å²) < 4.78 is 13.1. The maximum Gasteiger partial charge on any atom is 0.123 e. The van der Waals surface area contributed by atoms with Crippen LogP contribution in [0.4, 0.5) is 4.39 Å². The van der Waals surface area contributed by atoms with E-state index >= 15 is 0 Å². The first kappa shape index (κ1) is 12.5. The van der Waals surface area contributed by atoms with Gasteiger partial charge in [0, 0.05) is 11.6 Å². The molecular formula is C14H20FNO. The predicted molar refractivity (Wildman–Crippen MR) is 66.2 cm³/mol. The van der Waals surface area contributed by atoms with E-state index in [9.17, 15) is 9.50 Å². The van der Waals surface area contributed by atoms with Crippen LogP contribution in [0.1, 0.15) is 44.8 Å². The molecule has 0 amide bonds. The molecule has 2 atom stereocenters. The van der Waals surface area contributed by atoms with Crippen LogP contribution in [0, 0.1) is 5.82 Å². The van der Waals surface area contributed by atoms with Crippen molar-refractivity contribution >= 4 is 0 Å². The molecule has 2 rings (SSSR count). The van der Waals surface area contributed by atoms with Gasteiger partial charge in [-0.15, -0.1) is 0 Å². The number of piperidine rings is 1. The Morgan fingerprint density at radius 3 is 2.88 bits per heavy atom. The molecule has 0 unspecified atom stereocenters. The summed E-state index contributed by atoms with van der Waals surface area (Å²) in [6, 6.07) is 6.24. The van der Waals surface area contributed by atoms with Gasteiger partial charge in [0.1, 0.15) is 5.82 Å². The van der Waals surface area contributed by atoms with Crippen molar-refractivity contribution in [3.05, 3.63) is 35.6 Å². The summed E-state index contributed by atoms with van der Waals surface area (Å²) in [5.41, 5.74) is 0.706. The van der Waals surface area contributed by atoms with E-state index in [4.69, 9.17) is 0 Å². The lowest BCUT2D eigenvalue weighted by Gasteiger charge is -2.39. The molecule has 0 bridgehead atoms. The number of aliphatic hydroxyl groups is 1. The minimum Gasteiger partial charge on any atom is -0.387 e. The molecule has 3 heteroatoms. The molecule has 1 aliphatic rings. The Morgan fingerprint density at radius 1 is 1.47 bits per heavy atom. The second-order valence-corrected chi connectivity index (χ2v) is 5.53. The molecule has 0 radical (unpaired) electrons. The number of hydrogen-bond donors (Lipinski definition) is 2. The molecule has 0 aliphatic carbocycles. The van der Waals surface area contributed by atoms with E-state index in [0.29, 0.717) is 5.56 Å². The summed E-state index contributed by atoms with van der Waals surface area (Å²) in [5, 5.41) is 13.7. The quantitative estimate of drug-likeness (QED) is 0.829. The van der Waals surface area contributed by atoms with Crippen molar-refractivity contribution in [2.75, 3.05) is 0 Å². The Bertz CT molecular complexity index is 392. The number of benzene rings is 1. The molecule has 2 N–H and O–H groups in total. The summed E-state index contributed by atoms with van der Waals surface area (Å²) in [6.07, 6.45) is 2.50. The average Bonchev–Trinajstić information content (AvgIpc) is 2.26. The van der Waals surface area contributed by atoms with E-state index in [2.05, 4.69) is 19.2 Å². The van der Waals surface area contributed by atoms with Crippen molar-refractivity contribution in [3.8, 4) is 0 Å². The SMILES string of the molecule is CC1(C)CCC[C@H]([C@H](O)c2cccc(F)c2)N1. The first-order valence-corrected chi connectivity index (χ1v) is 6.19. The lowest BCUT2D eigenvalue weighted by Crippen LogP contribution is -2.51. The summed E-state index contributed by atoms with van der Waals surface area (Å²) in [6.45, 7) is 4.27. The highest BCUT2D eigenvalue weighted by Crippen LogP contribution is 2.29. The van der Waals surface area contributed by atoms with Gasteiger partial charge < -0.3 is 10.4 Å². The first-order valence-electron chi connectivity index (χ1n) is 6.19. The van der Waals surface area contributed by atoms with Crippen molar-refractivity contribution in [2.24, 2.45) is 0 Å². The highest BCUT2D eigenvalue weighted by Gasteiger charge is 2.31. The van der Waals surface area contributed by atoms with Gasteiger partial charge in [0.15, 0.2) is 0 Å². The molecule has 0 aromatic heterocycles. The van der Waals surface area contributed by atoms with E-state index in [1.165, 1.54) is 12.1 Å². The third-order valence-electron chi connectivity index (χ3n) is 3.46. The fraction of sp³-hybridized carbons (Fsp3) is 0.571. The zero-order chi connectivity index (χ0) is 12.5. The van der Waals surface area contributed by atoms with Crippen LogP contribution in [0.3, 0.4) is 0 Å². The molecule has 94 valence electrons. The Hall–Kier alpha value is -0.930.